The van der Waals surface area contributed by atoms with Gasteiger partial charge in [0.15, 0.2) is 0 Å². The molecular weight excluding hydrogens is 180 g/mol. The molecule has 0 unspecified atom stereocenters. The van der Waals surface area contributed by atoms with Gasteiger partial charge in [-0.15, -0.1) is 0 Å². The molecule has 0 atom stereocenters. The molecule has 0 N–H and O–H groups in total. The summed E-state index contributed by atoms with van der Waals surface area (Å²) in [5.74, 6) is 0. The predicted octanol–water partition coefficient (Wildman–Crippen LogP) is 4.67. The Morgan fingerprint density at radius 3 is 2.53 bits per heavy atom. The zero-order valence-corrected chi connectivity index (χ0v) is 10.00. The summed E-state index contributed by atoms with van der Waals surface area (Å²) >= 11 is 0. The lowest BCUT2D eigenvalue weighted by Crippen LogP contribution is -1.87. The van der Waals surface area contributed by atoms with E-state index >= 15 is 0 Å². The van der Waals surface area contributed by atoms with Gasteiger partial charge in [-0.25, -0.2) is 0 Å². The van der Waals surface area contributed by atoms with Gasteiger partial charge < -0.3 is 0 Å². The maximum Gasteiger partial charge on any atom is -0.0242 e. The molecule has 0 nitrogen and oxygen atoms in total. The highest BCUT2D eigenvalue weighted by molar-refractivity contribution is 5.25. The second-order valence-corrected chi connectivity index (χ2v) is 4.08. The molecule has 0 aromatic heterocycles. The average molecular weight is 202 g/mol. The van der Waals surface area contributed by atoms with Gasteiger partial charge in [0.05, 0.1) is 0 Å². The summed E-state index contributed by atoms with van der Waals surface area (Å²) in [4.78, 5) is 0. The van der Waals surface area contributed by atoms with E-state index in [2.05, 4.69) is 50.3 Å². The van der Waals surface area contributed by atoms with Crippen molar-refractivity contribution in [2.24, 2.45) is 0 Å². The first-order chi connectivity index (χ1) is 7.34. The van der Waals surface area contributed by atoms with E-state index in [0.29, 0.717) is 0 Å². The van der Waals surface area contributed by atoms with Crippen molar-refractivity contribution in [2.75, 3.05) is 0 Å². The lowest BCUT2D eigenvalue weighted by Gasteiger charge is -2.02. The Hall–Kier alpha value is -1.04. The number of hydrogen-bond acceptors (Lipinski definition) is 0. The third-order valence-electron chi connectivity index (χ3n) is 2.73. The molecule has 0 heteroatoms. The van der Waals surface area contributed by atoms with Crippen molar-refractivity contribution in [1.29, 1.82) is 0 Å². The zero-order chi connectivity index (χ0) is 10.9. The second kappa shape index (κ2) is 7.28. The first-order valence-corrected chi connectivity index (χ1v) is 6.04. The molecule has 82 valence electrons. The standard InChI is InChI=1S/C15H22/c1-3-4-5-6-7-8-12-15-13-10-9-11-14(15)2/h6-7,9-11,13H,3-5,8,12H2,1-2H3. The third-order valence-corrected chi connectivity index (χ3v) is 2.73. The maximum atomic E-state index is 2.32. The molecule has 0 aliphatic heterocycles. The molecule has 0 heterocycles. The van der Waals surface area contributed by atoms with Gasteiger partial charge in [-0.05, 0) is 37.3 Å². The van der Waals surface area contributed by atoms with Crippen LogP contribution in [0.2, 0.25) is 0 Å². The van der Waals surface area contributed by atoms with Gasteiger partial charge in [0.25, 0.3) is 0 Å². The summed E-state index contributed by atoms with van der Waals surface area (Å²) in [5.41, 5.74) is 2.90. The van der Waals surface area contributed by atoms with Gasteiger partial charge >= 0.3 is 0 Å². The Labute approximate surface area is 94.0 Å². The summed E-state index contributed by atoms with van der Waals surface area (Å²) in [7, 11) is 0. The number of hydrogen-bond donors (Lipinski definition) is 0. The molecule has 0 saturated carbocycles. The minimum Gasteiger partial charge on any atom is -0.0885 e. The predicted molar refractivity (Wildman–Crippen MR) is 68.2 cm³/mol. The number of rotatable bonds is 6. The minimum atomic E-state index is 1.18. The van der Waals surface area contributed by atoms with Crippen LogP contribution in [0.4, 0.5) is 0 Å². The monoisotopic (exact) mass is 202 g/mol. The van der Waals surface area contributed by atoms with Gasteiger partial charge in [-0.3, -0.25) is 0 Å². The van der Waals surface area contributed by atoms with Crippen LogP contribution in [0, 0.1) is 6.92 Å². The minimum absolute atomic E-state index is 1.18. The van der Waals surface area contributed by atoms with E-state index in [1.165, 1.54) is 43.2 Å². The van der Waals surface area contributed by atoms with Crippen LogP contribution in [-0.4, -0.2) is 0 Å². The number of unbranched alkanes of at least 4 members (excludes halogenated alkanes) is 2. The van der Waals surface area contributed by atoms with Crippen molar-refractivity contribution in [1.82, 2.24) is 0 Å². The molecule has 0 amide bonds. The van der Waals surface area contributed by atoms with Gasteiger partial charge in [0.2, 0.25) is 0 Å². The van der Waals surface area contributed by atoms with Crippen LogP contribution in [0.5, 0.6) is 0 Å². The molecule has 0 aliphatic rings. The highest BCUT2D eigenvalue weighted by Crippen LogP contribution is 2.09. The molecule has 0 aliphatic carbocycles. The number of aryl methyl sites for hydroxylation is 2. The van der Waals surface area contributed by atoms with E-state index in [4.69, 9.17) is 0 Å². The van der Waals surface area contributed by atoms with Crippen molar-refractivity contribution < 1.29 is 0 Å². The normalized spacial score (nSPS) is 11.1. The van der Waals surface area contributed by atoms with E-state index in [-0.39, 0.29) is 0 Å². The maximum absolute atomic E-state index is 2.32. The number of allylic oxidation sites excluding steroid dienone is 2. The van der Waals surface area contributed by atoms with Crippen LogP contribution < -0.4 is 0 Å². The first kappa shape index (κ1) is 12.0. The van der Waals surface area contributed by atoms with Crippen LogP contribution in [-0.2, 0) is 6.42 Å². The van der Waals surface area contributed by atoms with Gasteiger partial charge in [-0.2, -0.15) is 0 Å². The molecule has 0 spiro atoms. The first-order valence-electron chi connectivity index (χ1n) is 6.04. The van der Waals surface area contributed by atoms with Crippen molar-refractivity contribution in [3.8, 4) is 0 Å². The Balaban J connectivity index is 2.26. The summed E-state index contributed by atoms with van der Waals surface area (Å²) in [6.45, 7) is 4.43. The third kappa shape index (κ3) is 4.83. The zero-order valence-electron chi connectivity index (χ0n) is 10.00. The molecule has 1 aromatic rings. The second-order valence-electron chi connectivity index (χ2n) is 4.08. The van der Waals surface area contributed by atoms with Crippen molar-refractivity contribution in [3.63, 3.8) is 0 Å². The summed E-state index contributed by atoms with van der Waals surface area (Å²) in [6, 6.07) is 8.66. The van der Waals surface area contributed by atoms with Gasteiger partial charge in [0.1, 0.15) is 0 Å². The van der Waals surface area contributed by atoms with Crippen LogP contribution in [0.1, 0.15) is 43.7 Å². The van der Waals surface area contributed by atoms with E-state index in [0.717, 1.165) is 0 Å². The molecule has 1 rings (SSSR count). The lowest BCUT2D eigenvalue weighted by molar-refractivity contribution is 0.811. The van der Waals surface area contributed by atoms with E-state index < -0.39 is 0 Å². The Morgan fingerprint density at radius 1 is 1.07 bits per heavy atom. The van der Waals surface area contributed by atoms with Crippen LogP contribution in [0.15, 0.2) is 36.4 Å². The molecule has 0 bridgehead atoms. The molecular formula is C15H22. The highest BCUT2D eigenvalue weighted by atomic mass is 14.0. The smallest absolute Gasteiger partial charge is 0.0242 e. The van der Waals surface area contributed by atoms with Gasteiger partial charge in [0, 0.05) is 0 Å². The summed E-state index contributed by atoms with van der Waals surface area (Å²) < 4.78 is 0. The Morgan fingerprint density at radius 2 is 1.80 bits per heavy atom. The Kier molecular flexibility index (Phi) is 5.84. The Bertz CT molecular complexity index is 297. The van der Waals surface area contributed by atoms with Crippen molar-refractivity contribution >= 4 is 0 Å². The average Bonchev–Trinajstić information content (AvgIpc) is 2.25. The lowest BCUT2D eigenvalue weighted by atomic mass is 10.0. The van der Waals surface area contributed by atoms with E-state index in [1.54, 1.807) is 0 Å². The molecule has 0 radical (unpaired) electrons. The molecule has 1 aromatic carbocycles. The number of benzene rings is 1. The van der Waals surface area contributed by atoms with Crippen molar-refractivity contribution in [2.45, 2.75) is 46.0 Å². The van der Waals surface area contributed by atoms with Crippen LogP contribution in [0.3, 0.4) is 0 Å². The summed E-state index contributed by atoms with van der Waals surface area (Å²) in [6.07, 6.45) is 10.8. The van der Waals surface area contributed by atoms with Gasteiger partial charge in [-0.1, -0.05) is 56.2 Å². The fraction of sp³-hybridized carbons (Fsp3) is 0.467. The molecule has 15 heavy (non-hydrogen) atoms. The van der Waals surface area contributed by atoms with E-state index in [1.807, 2.05) is 0 Å². The topological polar surface area (TPSA) is 0 Å². The highest BCUT2D eigenvalue weighted by Gasteiger charge is 1.93. The summed E-state index contributed by atoms with van der Waals surface area (Å²) in [5, 5.41) is 0. The van der Waals surface area contributed by atoms with Crippen LogP contribution in [0.25, 0.3) is 0 Å². The SMILES string of the molecule is CCCCC=CCCc1ccccc1C. The fourth-order valence-electron chi connectivity index (χ4n) is 1.69. The fourth-order valence-corrected chi connectivity index (χ4v) is 1.69. The van der Waals surface area contributed by atoms with Crippen molar-refractivity contribution in [3.05, 3.63) is 47.5 Å². The largest absolute Gasteiger partial charge is 0.0885 e. The quantitative estimate of drug-likeness (QED) is 0.464. The molecule has 0 fully saturated rings. The molecule has 0 saturated heterocycles. The van der Waals surface area contributed by atoms with Crippen LogP contribution >= 0.6 is 0 Å². The van der Waals surface area contributed by atoms with E-state index in [9.17, 15) is 0 Å².